The fraction of sp³-hybridized carbons (Fsp3) is 0.800. The van der Waals surface area contributed by atoms with Crippen molar-refractivity contribution in [3.8, 4) is 0 Å². The normalized spacial score (nSPS) is 25.1. The second-order valence-corrected chi connectivity index (χ2v) is 3.72. The van der Waals surface area contributed by atoms with E-state index < -0.39 is 12.1 Å². The highest BCUT2D eigenvalue weighted by molar-refractivity contribution is 5.75. The van der Waals surface area contributed by atoms with Crippen molar-refractivity contribution in [2.24, 2.45) is 0 Å². The summed E-state index contributed by atoms with van der Waals surface area (Å²) in [5, 5.41) is 11.4. The van der Waals surface area contributed by atoms with Crippen molar-refractivity contribution in [3.05, 3.63) is 0 Å². The summed E-state index contributed by atoms with van der Waals surface area (Å²) < 4.78 is 5.24. The molecule has 15 heavy (non-hydrogen) atoms. The van der Waals surface area contributed by atoms with Gasteiger partial charge in [-0.2, -0.15) is 0 Å². The number of amides is 1. The van der Waals surface area contributed by atoms with Gasteiger partial charge in [-0.05, 0) is 19.3 Å². The number of carboxylic acids is 1. The van der Waals surface area contributed by atoms with Crippen LogP contribution in [0, 0.1) is 0 Å². The highest BCUT2D eigenvalue weighted by Crippen LogP contribution is 2.19. The van der Waals surface area contributed by atoms with Crippen LogP contribution in [0.25, 0.3) is 0 Å². The summed E-state index contributed by atoms with van der Waals surface area (Å²) in [7, 11) is 0. The Kier molecular flexibility index (Phi) is 4.55. The lowest BCUT2D eigenvalue weighted by molar-refractivity contribution is -0.149. The smallest absolute Gasteiger partial charge is 0.332 e. The van der Waals surface area contributed by atoms with Crippen molar-refractivity contribution in [1.29, 1.82) is 0 Å². The molecule has 5 heteroatoms. The molecule has 2 atom stereocenters. The first-order valence-electron chi connectivity index (χ1n) is 5.28. The summed E-state index contributed by atoms with van der Waals surface area (Å²) >= 11 is 0. The molecule has 0 saturated carbocycles. The molecule has 0 aromatic rings. The van der Waals surface area contributed by atoms with Crippen molar-refractivity contribution >= 4 is 11.9 Å². The number of aliphatic carboxylic acids is 1. The molecular weight excluding hydrogens is 198 g/mol. The highest BCUT2D eigenvalue weighted by atomic mass is 16.5. The molecule has 1 amide bonds. The molecule has 1 saturated heterocycles. The number of hydrogen-bond donors (Lipinski definition) is 2. The maximum absolute atomic E-state index is 11.1. The van der Waals surface area contributed by atoms with E-state index in [2.05, 4.69) is 5.32 Å². The topological polar surface area (TPSA) is 75.6 Å². The fourth-order valence-electron chi connectivity index (χ4n) is 1.58. The van der Waals surface area contributed by atoms with E-state index in [1.165, 1.54) is 0 Å². The Bertz CT molecular complexity index is 242. The van der Waals surface area contributed by atoms with Gasteiger partial charge in [0.05, 0.1) is 6.10 Å². The van der Waals surface area contributed by atoms with Crippen LogP contribution in [0.15, 0.2) is 0 Å². The molecule has 1 fully saturated rings. The summed E-state index contributed by atoms with van der Waals surface area (Å²) in [5.41, 5.74) is 0. The molecule has 1 rings (SSSR count). The molecule has 2 N–H and O–H groups in total. The Morgan fingerprint density at radius 1 is 1.47 bits per heavy atom. The van der Waals surface area contributed by atoms with E-state index >= 15 is 0 Å². The van der Waals surface area contributed by atoms with Crippen molar-refractivity contribution in [2.45, 2.75) is 44.8 Å². The zero-order valence-corrected chi connectivity index (χ0v) is 8.86. The summed E-state index contributed by atoms with van der Waals surface area (Å²) in [4.78, 5) is 21.7. The van der Waals surface area contributed by atoms with Crippen LogP contribution in [0.4, 0.5) is 0 Å². The number of carboxylic acid groups (broad SMARTS) is 1. The van der Waals surface area contributed by atoms with Crippen LogP contribution < -0.4 is 5.32 Å². The molecule has 0 spiro atoms. The third kappa shape index (κ3) is 3.87. The van der Waals surface area contributed by atoms with Crippen molar-refractivity contribution in [1.82, 2.24) is 5.32 Å². The van der Waals surface area contributed by atoms with E-state index in [-0.39, 0.29) is 12.0 Å². The minimum absolute atomic E-state index is 0.000116. The van der Waals surface area contributed by atoms with Gasteiger partial charge in [0.1, 0.15) is 0 Å². The van der Waals surface area contributed by atoms with Crippen molar-refractivity contribution in [2.75, 3.05) is 6.54 Å². The van der Waals surface area contributed by atoms with Gasteiger partial charge in [0, 0.05) is 13.0 Å². The second-order valence-electron chi connectivity index (χ2n) is 3.72. The SMILES string of the molecule is CCCC(=O)NCC1CCC(C(=O)O)O1. The van der Waals surface area contributed by atoms with Gasteiger partial charge in [0.2, 0.25) is 5.91 Å². The molecule has 0 aromatic carbocycles. The van der Waals surface area contributed by atoms with Crippen LogP contribution in [0.2, 0.25) is 0 Å². The van der Waals surface area contributed by atoms with Gasteiger partial charge in [0.15, 0.2) is 6.10 Å². The summed E-state index contributed by atoms with van der Waals surface area (Å²) in [6.07, 6.45) is 1.71. The molecule has 2 unspecified atom stereocenters. The number of rotatable bonds is 5. The van der Waals surface area contributed by atoms with E-state index in [0.29, 0.717) is 25.8 Å². The van der Waals surface area contributed by atoms with E-state index in [9.17, 15) is 9.59 Å². The predicted octanol–water partition coefficient (Wildman–Crippen LogP) is 0.535. The van der Waals surface area contributed by atoms with Crippen LogP contribution >= 0.6 is 0 Å². The van der Waals surface area contributed by atoms with E-state index in [1.54, 1.807) is 0 Å². The molecule has 1 aliphatic heterocycles. The predicted molar refractivity (Wildman–Crippen MR) is 53.4 cm³/mol. The largest absolute Gasteiger partial charge is 0.479 e. The Labute approximate surface area is 88.8 Å². The molecule has 5 nitrogen and oxygen atoms in total. The first-order chi connectivity index (χ1) is 7.13. The lowest BCUT2D eigenvalue weighted by Gasteiger charge is -2.11. The Morgan fingerprint density at radius 3 is 2.73 bits per heavy atom. The highest BCUT2D eigenvalue weighted by Gasteiger charge is 2.30. The van der Waals surface area contributed by atoms with Crippen LogP contribution in [-0.4, -0.2) is 35.7 Å². The van der Waals surface area contributed by atoms with Crippen LogP contribution in [0.5, 0.6) is 0 Å². The van der Waals surface area contributed by atoms with Crippen LogP contribution in [-0.2, 0) is 14.3 Å². The number of carbonyl (C=O) groups is 2. The van der Waals surface area contributed by atoms with E-state index in [4.69, 9.17) is 9.84 Å². The lowest BCUT2D eigenvalue weighted by Crippen LogP contribution is -2.32. The molecular formula is C10H17NO4. The molecule has 1 aliphatic rings. The van der Waals surface area contributed by atoms with Gasteiger partial charge in [-0.3, -0.25) is 4.79 Å². The van der Waals surface area contributed by atoms with Crippen LogP contribution in [0.1, 0.15) is 32.6 Å². The lowest BCUT2D eigenvalue weighted by atomic mass is 10.2. The third-order valence-corrected chi connectivity index (χ3v) is 2.39. The zero-order chi connectivity index (χ0) is 11.3. The van der Waals surface area contributed by atoms with Crippen molar-refractivity contribution in [3.63, 3.8) is 0 Å². The van der Waals surface area contributed by atoms with E-state index in [0.717, 1.165) is 6.42 Å². The quantitative estimate of drug-likeness (QED) is 0.701. The summed E-state index contributed by atoms with van der Waals surface area (Å²) in [5.74, 6) is -0.919. The average molecular weight is 215 g/mol. The molecule has 86 valence electrons. The van der Waals surface area contributed by atoms with Gasteiger partial charge >= 0.3 is 5.97 Å². The number of carbonyl (C=O) groups excluding carboxylic acids is 1. The number of hydrogen-bond acceptors (Lipinski definition) is 3. The summed E-state index contributed by atoms with van der Waals surface area (Å²) in [6.45, 7) is 2.36. The molecule has 0 radical (unpaired) electrons. The van der Waals surface area contributed by atoms with Gasteiger partial charge in [-0.15, -0.1) is 0 Å². The van der Waals surface area contributed by atoms with Gasteiger partial charge < -0.3 is 15.2 Å². The average Bonchev–Trinajstić information content (AvgIpc) is 2.63. The fourth-order valence-corrected chi connectivity index (χ4v) is 1.58. The first kappa shape index (κ1) is 12.0. The first-order valence-corrected chi connectivity index (χ1v) is 5.28. The monoisotopic (exact) mass is 215 g/mol. The zero-order valence-electron chi connectivity index (χ0n) is 8.86. The Balaban J connectivity index is 2.19. The molecule has 1 heterocycles. The molecule has 0 aromatic heterocycles. The number of ether oxygens (including phenoxy) is 1. The number of nitrogens with one attached hydrogen (secondary N) is 1. The third-order valence-electron chi connectivity index (χ3n) is 2.39. The van der Waals surface area contributed by atoms with Gasteiger partial charge in [-0.1, -0.05) is 6.92 Å². The van der Waals surface area contributed by atoms with Gasteiger partial charge in [0.25, 0.3) is 0 Å². The maximum Gasteiger partial charge on any atom is 0.332 e. The minimum atomic E-state index is -0.919. The Hall–Kier alpha value is -1.10. The summed E-state index contributed by atoms with van der Waals surface area (Å²) in [6, 6.07) is 0. The maximum atomic E-state index is 11.1. The van der Waals surface area contributed by atoms with E-state index in [1.807, 2.05) is 6.92 Å². The molecule has 0 aliphatic carbocycles. The standard InChI is InChI=1S/C10H17NO4/c1-2-3-9(12)11-6-7-4-5-8(15-7)10(13)14/h7-8H,2-6H2,1H3,(H,11,12)(H,13,14). The minimum Gasteiger partial charge on any atom is -0.479 e. The van der Waals surface area contributed by atoms with Crippen molar-refractivity contribution < 1.29 is 19.4 Å². The Morgan fingerprint density at radius 2 is 2.20 bits per heavy atom. The second kappa shape index (κ2) is 5.70. The molecule has 0 bridgehead atoms. The van der Waals surface area contributed by atoms with Gasteiger partial charge in [-0.25, -0.2) is 4.79 Å². The van der Waals surface area contributed by atoms with Crippen LogP contribution in [0.3, 0.4) is 0 Å².